The third-order valence-electron chi connectivity index (χ3n) is 4.50. The number of para-hydroxylation sites is 2. The van der Waals surface area contributed by atoms with E-state index in [9.17, 15) is 4.79 Å². The Balaban J connectivity index is 1.30. The van der Waals surface area contributed by atoms with E-state index < -0.39 is 0 Å². The van der Waals surface area contributed by atoms with Gasteiger partial charge in [-0.15, -0.1) is 0 Å². The fourth-order valence-corrected chi connectivity index (χ4v) is 2.95. The fraction of sp³-hybridized carbons (Fsp3) is 0.125. The van der Waals surface area contributed by atoms with Crippen LogP contribution in [-0.4, -0.2) is 20.7 Å². The number of pyridine rings is 1. The Bertz CT molecular complexity index is 1090. The second-order valence-corrected chi connectivity index (χ2v) is 6.69. The predicted molar refractivity (Wildman–Crippen MR) is 112 cm³/mol. The molecule has 4 rings (SSSR count). The van der Waals surface area contributed by atoms with Crippen molar-refractivity contribution in [3.8, 4) is 17.2 Å². The SMILES string of the molecule is O=C(CCc1cnn(-c2ccccc2)c1)OCc1ccccc1Oc1cccnc1. The highest BCUT2D eigenvalue weighted by atomic mass is 16.5. The molecule has 2 aromatic carbocycles. The van der Waals surface area contributed by atoms with Gasteiger partial charge in [0.1, 0.15) is 18.1 Å². The quantitative estimate of drug-likeness (QED) is 0.401. The highest BCUT2D eigenvalue weighted by Gasteiger charge is 2.10. The second kappa shape index (κ2) is 9.52. The molecule has 0 spiro atoms. The summed E-state index contributed by atoms with van der Waals surface area (Å²) < 4.78 is 13.1. The molecule has 6 nitrogen and oxygen atoms in total. The summed E-state index contributed by atoms with van der Waals surface area (Å²) in [7, 11) is 0. The van der Waals surface area contributed by atoms with Crippen molar-refractivity contribution in [1.82, 2.24) is 14.8 Å². The summed E-state index contributed by atoms with van der Waals surface area (Å²) in [5.74, 6) is 1.01. The first kappa shape index (κ1) is 19.4. The average Bonchev–Trinajstić information content (AvgIpc) is 3.28. The zero-order valence-electron chi connectivity index (χ0n) is 16.3. The summed E-state index contributed by atoms with van der Waals surface area (Å²) in [4.78, 5) is 16.3. The smallest absolute Gasteiger partial charge is 0.306 e. The Morgan fingerprint density at radius 1 is 0.933 bits per heavy atom. The van der Waals surface area contributed by atoms with Gasteiger partial charge in [-0.25, -0.2) is 4.68 Å². The van der Waals surface area contributed by atoms with Gasteiger partial charge in [0.05, 0.1) is 18.1 Å². The molecule has 0 fully saturated rings. The maximum atomic E-state index is 12.2. The van der Waals surface area contributed by atoms with E-state index in [2.05, 4.69) is 10.1 Å². The van der Waals surface area contributed by atoms with Crippen molar-refractivity contribution in [2.75, 3.05) is 0 Å². The van der Waals surface area contributed by atoms with Gasteiger partial charge in [0.15, 0.2) is 0 Å². The number of ether oxygens (including phenoxy) is 2. The Kier molecular flexibility index (Phi) is 6.15. The first-order valence-electron chi connectivity index (χ1n) is 9.68. The normalized spacial score (nSPS) is 10.5. The standard InChI is InChI=1S/C24H21N3O3/c28-24(13-12-19-15-26-27(17-19)21-8-2-1-3-9-21)29-18-20-7-4-5-11-23(20)30-22-10-6-14-25-16-22/h1-11,14-17H,12-13,18H2. The maximum absolute atomic E-state index is 12.2. The molecule has 0 atom stereocenters. The minimum absolute atomic E-state index is 0.151. The molecule has 0 saturated carbocycles. The van der Waals surface area contributed by atoms with Crippen molar-refractivity contribution in [3.05, 3.63) is 103 Å². The van der Waals surface area contributed by atoms with Gasteiger partial charge in [0.25, 0.3) is 0 Å². The maximum Gasteiger partial charge on any atom is 0.306 e. The first-order chi connectivity index (χ1) is 14.8. The van der Waals surface area contributed by atoms with Crippen LogP contribution in [0, 0.1) is 0 Å². The number of benzene rings is 2. The second-order valence-electron chi connectivity index (χ2n) is 6.69. The summed E-state index contributed by atoms with van der Waals surface area (Å²) in [6.45, 7) is 0.151. The molecule has 0 aliphatic rings. The molecule has 150 valence electrons. The van der Waals surface area contributed by atoms with Crippen molar-refractivity contribution in [1.29, 1.82) is 0 Å². The number of hydrogen-bond donors (Lipinski definition) is 0. The molecule has 0 amide bonds. The summed E-state index contributed by atoms with van der Waals surface area (Å²) >= 11 is 0. The molecule has 0 N–H and O–H groups in total. The van der Waals surface area contributed by atoms with Crippen molar-refractivity contribution >= 4 is 5.97 Å². The van der Waals surface area contributed by atoms with E-state index in [1.165, 1.54) is 0 Å². The Morgan fingerprint density at radius 3 is 2.60 bits per heavy atom. The van der Waals surface area contributed by atoms with Crippen LogP contribution >= 0.6 is 0 Å². The molecule has 0 unspecified atom stereocenters. The van der Waals surface area contributed by atoms with E-state index in [-0.39, 0.29) is 19.0 Å². The number of carbonyl (C=O) groups is 1. The molecular formula is C24H21N3O3. The Hall–Kier alpha value is -3.93. The van der Waals surface area contributed by atoms with Crippen LogP contribution < -0.4 is 4.74 Å². The molecular weight excluding hydrogens is 378 g/mol. The molecule has 0 aliphatic heterocycles. The lowest BCUT2D eigenvalue weighted by atomic mass is 10.2. The molecule has 0 bridgehead atoms. The van der Waals surface area contributed by atoms with Gasteiger partial charge in [-0.05, 0) is 42.3 Å². The van der Waals surface area contributed by atoms with Gasteiger partial charge in [-0.2, -0.15) is 5.10 Å². The van der Waals surface area contributed by atoms with Crippen molar-refractivity contribution in [3.63, 3.8) is 0 Å². The van der Waals surface area contributed by atoms with Crippen LogP contribution in [0.25, 0.3) is 5.69 Å². The van der Waals surface area contributed by atoms with Crippen LogP contribution in [-0.2, 0) is 22.6 Å². The molecule has 0 saturated heterocycles. The monoisotopic (exact) mass is 399 g/mol. The number of aromatic nitrogens is 3. The van der Waals surface area contributed by atoms with Gasteiger partial charge in [-0.1, -0.05) is 36.4 Å². The number of hydrogen-bond acceptors (Lipinski definition) is 5. The zero-order valence-corrected chi connectivity index (χ0v) is 16.3. The van der Waals surface area contributed by atoms with Crippen LogP contribution in [0.15, 0.2) is 91.5 Å². The highest BCUT2D eigenvalue weighted by Crippen LogP contribution is 2.25. The van der Waals surface area contributed by atoms with Crippen LogP contribution in [0.2, 0.25) is 0 Å². The van der Waals surface area contributed by atoms with E-state index in [1.54, 1.807) is 29.3 Å². The largest absolute Gasteiger partial charge is 0.461 e. The number of rotatable bonds is 8. The van der Waals surface area contributed by atoms with Crippen LogP contribution in [0.3, 0.4) is 0 Å². The van der Waals surface area contributed by atoms with Crippen LogP contribution in [0.1, 0.15) is 17.5 Å². The van der Waals surface area contributed by atoms with E-state index in [1.807, 2.05) is 66.9 Å². The summed E-state index contributed by atoms with van der Waals surface area (Å²) in [6.07, 6.45) is 7.88. The molecule has 0 aliphatic carbocycles. The zero-order chi connectivity index (χ0) is 20.6. The minimum atomic E-state index is -0.265. The average molecular weight is 399 g/mol. The number of carbonyl (C=O) groups excluding carboxylic acids is 1. The minimum Gasteiger partial charge on any atom is -0.461 e. The number of nitrogens with zero attached hydrogens (tertiary/aromatic N) is 3. The lowest BCUT2D eigenvalue weighted by Gasteiger charge is -2.11. The number of esters is 1. The van der Waals surface area contributed by atoms with Gasteiger partial charge < -0.3 is 9.47 Å². The topological polar surface area (TPSA) is 66.2 Å². The molecule has 4 aromatic rings. The molecule has 0 radical (unpaired) electrons. The fourth-order valence-electron chi connectivity index (χ4n) is 2.95. The molecule has 6 heteroatoms. The van der Waals surface area contributed by atoms with Gasteiger partial charge in [-0.3, -0.25) is 9.78 Å². The molecule has 2 aromatic heterocycles. The van der Waals surface area contributed by atoms with Crippen LogP contribution in [0.5, 0.6) is 11.5 Å². The van der Waals surface area contributed by atoms with Crippen molar-refractivity contribution in [2.24, 2.45) is 0 Å². The molecule has 30 heavy (non-hydrogen) atoms. The Labute approximate surface area is 174 Å². The lowest BCUT2D eigenvalue weighted by Crippen LogP contribution is -2.06. The third-order valence-corrected chi connectivity index (χ3v) is 4.50. The van der Waals surface area contributed by atoms with Gasteiger partial charge >= 0.3 is 5.97 Å². The van der Waals surface area contributed by atoms with E-state index in [4.69, 9.17) is 9.47 Å². The first-order valence-corrected chi connectivity index (χ1v) is 9.68. The summed E-state index contributed by atoms with van der Waals surface area (Å²) in [5, 5.41) is 4.35. The Morgan fingerprint density at radius 2 is 1.77 bits per heavy atom. The van der Waals surface area contributed by atoms with Gasteiger partial charge in [0.2, 0.25) is 0 Å². The van der Waals surface area contributed by atoms with E-state index in [0.29, 0.717) is 17.9 Å². The van der Waals surface area contributed by atoms with Crippen molar-refractivity contribution in [2.45, 2.75) is 19.4 Å². The van der Waals surface area contributed by atoms with Gasteiger partial charge in [0, 0.05) is 24.4 Å². The summed E-state index contributed by atoms with van der Waals surface area (Å²) in [5.41, 5.74) is 2.76. The predicted octanol–water partition coefficient (Wildman–Crippen LogP) is 4.74. The summed E-state index contributed by atoms with van der Waals surface area (Å²) in [6, 6.07) is 21.0. The highest BCUT2D eigenvalue weighted by molar-refractivity contribution is 5.69. The van der Waals surface area contributed by atoms with E-state index >= 15 is 0 Å². The van der Waals surface area contributed by atoms with Crippen LogP contribution in [0.4, 0.5) is 0 Å². The van der Waals surface area contributed by atoms with E-state index in [0.717, 1.165) is 16.8 Å². The van der Waals surface area contributed by atoms with Crippen molar-refractivity contribution < 1.29 is 14.3 Å². The molecule has 2 heterocycles. The number of aryl methyl sites for hydroxylation is 1. The third kappa shape index (κ3) is 5.11. The lowest BCUT2D eigenvalue weighted by molar-refractivity contribution is -0.144.